The number of rotatable bonds is 5. The van der Waals surface area contributed by atoms with Gasteiger partial charge < -0.3 is 4.98 Å². The third kappa shape index (κ3) is 2.75. The lowest BCUT2D eigenvalue weighted by molar-refractivity contribution is -0.481. The van der Waals surface area contributed by atoms with Crippen LogP contribution < -0.4 is 0 Å². The summed E-state index contributed by atoms with van der Waals surface area (Å²) >= 11 is 0. The van der Waals surface area contributed by atoms with E-state index in [0.29, 0.717) is 0 Å². The van der Waals surface area contributed by atoms with E-state index in [2.05, 4.69) is 11.6 Å². The van der Waals surface area contributed by atoms with Gasteiger partial charge in [0.1, 0.15) is 0 Å². The van der Waals surface area contributed by atoms with Crippen LogP contribution in [0.4, 0.5) is 0 Å². The lowest BCUT2D eigenvalue weighted by Crippen LogP contribution is -2.14. The van der Waals surface area contributed by atoms with Crippen LogP contribution in [0, 0.1) is 17.0 Å². The van der Waals surface area contributed by atoms with Gasteiger partial charge in [0.05, 0.1) is 5.92 Å². The smallest absolute Gasteiger partial charge is 0.214 e. The van der Waals surface area contributed by atoms with Crippen LogP contribution in [0.15, 0.2) is 55.1 Å². The number of H-pyrrole nitrogens is 1. The van der Waals surface area contributed by atoms with Crippen molar-refractivity contribution in [3.63, 3.8) is 0 Å². The summed E-state index contributed by atoms with van der Waals surface area (Å²) in [6.45, 7) is 5.75. The predicted octanol–water partition coefficient (Wildman–Crippen LogP) is 4.53. The number of benzene rings is 2. The van der Waals surface area contributed by atoms with E-state index in [1.807, 2.05) is 55.5 Å². The Kier molecular flexibility index (Phi) is 3.98. The molecule has 4 nitrogen and oxygen atoms in total. The molecule has 0 unspecified atom stereocenters. The molecule has 0 aliphatic heterocycles. The first-order valence-corrected chi connectivity index (χ1v) is 7.52. The highest BCUT2D eigenvalue weighted by Gasteiger charge is 2.26. The van der Waals surface area contributed by atoms with Gasteiger partial charge in [-0.25, -0.2) is 0 Å². The van der Waals surface area contributed by atoms with E-state index in [9.17, 15) is 10.1 Å². The first-order valence-electron chi connectivity index (χ1n) is 7.52. The van der Waals surface area contributed by atoms with E-state index >= 15 is 0 Å². The Balaban J connectivity index is 2.29. The average molecular weight is 306 g/mol. The Bertz CT molecular complexity index is 866. The van der Waals surface area contributed by atoms with Gasteiger partial charge in [-0.15, -0.1) is 0 Å². The number of nitrogens with zero attached hydrogens (tertiary/aromatic N) is 1. The predicted molar refractivity (Wildman–Crippen MR) is 93.3 cm³/mol. The van der Waals surface area contributed by atoms with Gasteiger partial charge in [0.2, 0.25) is 6.54 Å². The van der Waals surface area contributed by atoms with Crippen LogP contribution in [0.1, 0.15) is 28.3 Å². The second kappa shape index (κ2) is 6.08. The molecule has 3 rings (SSSR count). The molecule has 0 saturated carbocycles. The minimum absolute atomic E-state index is 0.147. The van der Waals surface area contributed by atoms with Gasteiger partial charge in [-0.1, -0.05) is 49.0 Å². The van der Waals surface area contributed by atoms with Crippen molar-refractivity contribution in [1.29, 1.82) is 0 Å². The van der Waals surface area contributed by atoms with Gasteiger partial charge in [-0.05, 0) is 35.8 Å². The highest BCUT2D eigenvalue weighted by atomic mass is 16.6. The summed E-state index contributed by atoms with van der Waals surface area (Å²) in [5, 5.41) is 12.3. The quantitative estimate of drug-likeness (QED) is 0.556. The standard InChI is InChI=1S/C19H18N2O2/c1-3-16-19(18-13(2)8-7-11-17(18)20-16)15(12-21(22)23)14-9-5-4-6-10-14/h3-11,15,20H,1,12H2,2H3/t15-/m0/s1. The molecule has 0 saturated heterocycles. The lowest BCUT2D eigenvalue weighted by Gasteiger charge is -2.15. The molecule has 2 aromatic carbocycles. The number of hydrogen-bond donors (Lipinski definition) is 1. The zero-order valence-electron chi connectivity index (χ0n) is 13.0. The van der Waals surface area contributed by atoms with Crippen molar-refractivity contribution in [2.45, 2.75) is 12.8 Å². The van der Waals surface area contributed by atoms with Crippen LogP contribution >= 0.6 is 0 Å². The van der Waals surface area contributed by atoms with Crippen molar-refractivity contribution in [2.75, 3.05) is 6.54 Å². The van der Waals surface area contributed by atoms with Crippen LogP contribution in [0.2, 0.25) is 0 Å². The summed E-state index contributed by atoms with van der Waals surface area (Å²) in [5.74, 6) is -0.311. The minimum atomic E-state index is -0.311. The highest BCUT2D eigenvalue weighted by molar-refractivity contribution is 5.91. The van der Waals surface area contributed by atoms with Crippen molar-refractivity contribution < 1.29 is 4.92 Å². The molecule has 1 N–H and O–H groups in total. The van der Waals surface area contributed by atoms with Crippen LogP contribution in [0.5, 0.6) is 0 Å². The Morgan fingerprint density at radius 3 is 2.61 bits per heavy atom. The summed E-state index contributed by atoms with van der Waals surface area (Å²) in [4.78, 5) is 14.4. The summed E-state index contributed by atoms with van der Waals surface area (Å²) < 4.78 is 0. The van der Waals surface area contributed by atoms with Crippen molar-refractivity contribution in [1.82, 2.24) is 4.98 Å². The molecule has 116 valence electrons. The molecule has 0 radical (unpaired) electrons. The molecular formula is C19H18N2O2. The largest absolute Gasteiger partial charge is 0.355 e. The minimum Gasteiger partial charge on any atom is -0.355 e. The van der Waals surface area contributed by atoms with Crippen LogP contribution in [-0.2, 0) is 0 Å². The molecule has 23 heavy (non-hydrogen) atoms. The Hall–Kier alpha value is -2.88. The molecule has 0 spiro atoms. The van der Waals surface area contributed by atoms with Gasteiger partial charge >= 0.3 is 0 Å². The molecule has 0 bridgehead atoms. The maximum Gasteiger partial charge on any atom is 0.214 e. The summed E-state index contributed by atoms with van der Waals surface area (Å²) in [5.41, 5.74) is 4.84. The SMILES string of the molecule is C=Cc1[nH]c2cccc(C)c2c1[C@@H](C[N+](=O)[O-])c1ccccc1. The summed E-state index contributed by atoms with van der Waals surface area (Å²) in [6.07, 6.45) is 1.74. The molecule has 0 aliphatic carbocycles. The Morgan fingerprint density at radius 1 is 1.22 bits per heavy atom. The first-order chi connectivity index (χ1) is 11.1. The van der Waals surface area contributed by atoms with Gasteiger partial charge in [0.15, 0.2) is 0 Å². The number of hydrogen-bond acceptors (Lipinski definition) is 2. The van der Waals surface area contributed by atoms with Crippen molar-refractivity contribution in [2.24, 2.45) is 0 Å². The molecule has 0 amide bonds. The fourth-order valence-corrected chi connectivity index (χ4v) is 3.20. The molecule has 1 atom stereocenters. The topological polar surface area (TPSA) is 58.9 Å². The van der Waals surface area contributed by atoms with Crippen LogP contribution in [0.3, 0.4) is 0 Å². The second-order valence-electron chi connectivity index (χ2n) is 5.63. The summed E-state index contributed by atoms with van der Waals surface area (Å²) in [7, 11) is 0. The van der Waals surface area contributed by atoms with Gasteiger partial charge in [-0.3, -0.25) is 10.1 Å². The fourth-order valence-electron chi connectivity index (χ4n) is 3.20. The van der Waals surface area contributed by atoms with E-state index < -0.39 is 0 Å². The number of nitrogens with one attached hydrogen (secondary N) is 1. The number of fused-ring (bicyclic) bond motifs is 1. The van der Waals surface area contributed by atoms with Gasteiger partial charge in [0, 0.05) is 21.5 Å². The maximum absolute atomic E-state index is 11.3. The normalized spacial score (nSPS) is 12.2. The third-order valence-corrected chi connectivity index (χ3v) is 4.19. The van der Waals surface area contributed by atoms with E-state index in [-0.39, 0.29) is 17.4 Å². The first kappa shape index (κ1) is 15.0. The van der Waals surface area contributed by atoms with E-state index in [1.54, 1.807) is 6.08 Å². The Labute approximate surface area is 134 Å². The molecule has 0 aliphatic rings. The summed E-state index contributed by atoms with van der Waals surface area (Å²) in [6, 6.07) is 15.6. The maximum atomic E-state index is 11.3. The number of nitro groups is 1. The molecule has 0 fully saturated rings. The zero-order chi connectivity index (χ0) is 16.4. The number of aromatic nitrogens is 1. The molecule has 4 heteroatoms. The van der Waals surface area contributed by atoms with E-state index in [1.165, 1.54) is 0 Å². The van der Waals surface area contributed by atoms with Gasteiger partial charge in [-0.2, -0.15) is 0 Å². The van der Waals surface area contributed by atoms with Crippen molar-refractivity contribution in [3.8, 4) is 0 Å². The van der Waals surface area contributed by atoms with E-state index in [4.69, 9.17) is 0 Å². The lowest BCUT2D eigenvalue weighted by atomic mass is 9.88. The van der Waals surface area contributed by atoms with Crippen LogP contribution in [0.25, 0.3) is 17.0 Å². The fraction of sp³-hybridized carbons (Fsp3) is 0.158. The molecule has 1 heterocycles. The van der Waals surface area contributed by atoms with Crippen LogP contribution in [-0.4, -0.2) is 16.5 Å². The zero-order valence-corrected chi connectivity index (χ0v) is 13.0. The average Bonchev–Trinajstić information content (AvgIpc) is 2.93. The Morgan fingerprint density at radius 2 is 1.96 bits per heavy atom. The molecular weight excluding hydrogens is 288 g/mol. The molecule has 1 aromatic heterocycles. The highest BCUT2D eigenvalue weighted by Crippen LogP contribution is 2.36. The van der Waals surface area contributed by atoms with Crippen molar-refractivity contribution in [3.05, 3.63) is 87.6 Å². The monoisotopic (exact) mass is 306 g/mol. The van der Waals surface area contributed by atoms with Crippen molar-refractivity contribution >= 4 is 17.0 Å². The second-order valence-corrected chi connectivity index (χ2v) is 5.63. The third-order valence-electron chi connectivity index (χ3n) is 4.19. The number of aromatic amines is 1. The number of aryl methyl sites for hydroxylation is 1. The molecule has 3 aromatic rings. The van der Waals surface area contributed by atoms with E-state index in [0.717, 1.165) is 33.3 Å². The van der Waals surface area contributed by atoms with Gasteiger partial charge in [0.25, 0.3) is 0 Å².